The Morgan fingerprint density at radius 2 is 2.10 bits per heavy atom. The maximum atomic E-state index is 12.9. The second kappa shape index (κ2) is 10.1. The van der Waals surface area contributed by atoms with Crippen LogP contribution in [0.4, 0.5) is 18.0 Å². The van der Waals surface area contributed by atoms with E-state index in [-0.39, 0.29) is 19.3 Å². The van der Waals surface area contributed by atoms with Gasteiger partial charge < -0.3 is 20.3 Å². The average Bonchev–Trinajstić information content (AvgIpc) is 2.85. The van der Waals surface area contributed by atoms with E-state index in [2.05, 4.69) is 5.32 Å². The standard InChI is InChI=1S/C10H15FN2O5.CH2F2/c1-12-10(17)13(3-6(11)4-14)9-8(16)2-7(5-15)18-9;2-1-3/h3-4,7-9,15-16H,2,5H2,1H3,(H,12,17);1H2/b6-3+;. The fraction of sp³-hybridized carbons (Fsp3) is 0.636. The van der Waals surface area contributed by atoms with Crippen LogP contribution in [0.2, 0.25) is 0 Å². The molecule has 2 amide bonds. The van der Waals surface area contributed by atoms with Gasteiger partial charge in [0.15, 0.2) is 18.3 Å². The van der Waals surface area contributed by atoms with E-state index in [0.717, 1.165) is 4.90 Å². The Morgan fingerprint density at radius 1 is 1.52 bits per heavy atom. The number of carbonyl (C=O) groups is 2. The Labute approximate surface area is 119 Å². The average molecular weight is 314 g/mol. The van der Waals surface area contributed by atoms with Gasteiger partial charge >= 0.3 is 6.03 Å². The molecule has 122 valence electrons. The third-order valence-corrected chi connectivity index (χ3v) is 2.47. The van der Waals surface area contributed by atoms with Gasteiger partial charge in [-0.15, -0.1) is 0 Å². The number of amides is 2. The zero-order valence-electron chi connectivity index (χ0n) is 11.2. The Kier molecular flexibility index (Phi) is 9.34. The fourth-order valence-corrected chi connectivity index (χ4v) is 1.64. The summed E-state index contributed by atoms with van der Waals surface area (Å²) >= 11 is 0. The molecule has 21 heavy (non-hydrogen) atoms. The summed E-state index contributed by atoms with van der Waals surface area (Å²) in [5.41, 5.74) is 0. The van der Waals surface area contributed by atoms with Crippen molar-refractivity contribution < 1.29 is 37.7 Å². The Morgan fingerprint density at radius 3 is 2.48 bits per heavy atom. The van der Waals surface area contributed by atoms with Gasteiger partial charge in [-0.3, -0.25) is 9.69 Å². The SMILES string of the molecule is CNC(=O)N(/C=C(/F)C=O)C1OC(CO)CC1O.FCF. The van der Waals surface area contributed by atoms with Gasteiger partial charge in [0.05, 0.1) is 18.9 Å². The minimum atomic E-state index is -1.75. The zero-order valence-corrected chi connectivity index (χ0v) is 11.2. The molecule has 0 bridgehead atoms. The van der Waals surface area contributed by atoms with Crippen molar-refractivity contribution in [1.29, 1.82) is 0 Å². The van der Waals surface area contributed by atoms with Crippen molar-refractivity contribution in [2.24, 2.45) is 0 Å². The molecule has 3 atom stereocenters. The van der Waals surface area contributed by atoms with Crippen molar-refractivity contribution in [2.75, 3.05) is 20.6 Å². The number of urea groups is 1. The summed E-state index contributed by atoms with van der Waals surface area (Å²) in [4.78, 5) is 22.5. The van der Waals surface area contributed by atoms with Gasteiger partial charge in [-0.1, -0.05) is 0 Å². The van der Waals surface area contributed by atoms with Gasteiger partial charge in [-0.05, 0) is 0 Å². The molecule has 1 rings (SSSR count). The van der Waals surface area contributed by atoms with Gasteiger partial charge in [0.1, 0.15) is 6.10 Å². The normalized spacial score (nSPS) is 24.9. The molecule has 0 aromatic heterocycles. The Hall–Kier alpha value is -1.65. The van der Waals surface area contributed by atoms with Gasteiger partial charge in [-0.25, -0.2) is 18.0 Å². The van der Waals surface area contributed by atoms with E-state index in [1.165, 1.54) is 7.05 Å². The summed E-state index contributed by atoms with van der Waals surface area (Å²) in [6, 6.07) is -0.741. The summed E-state index contributed by atoms with van der Waals surface area (Å²) in [5, 5.41) is 20.8. The largest absolute Gasteiger partial charge is 0.394 e. The van der Waals surface area contributed by atoms with Crippen molar-refractivity contribution in [2.45, 2.75) is 24.9 Å². The number of hydrogen-bond donors (Lipinski definition) is 3. The van der Waals surface area contributed by atoms with Crippen molar-refractivity contribution in [3.63, 3.8) is 0 Å². The number of ether oxygens (including phenoxy) is 1. The van der Waals surface area contributed by atoms with Crippen molar-refractivity contribution in [1.82, 2.24) is 10.2 Å². The van der Waals surface area contributed by atoms with Crippen LogP contribution in [0.3, 0.4) is 0 Å². The molecule has 1 aliphatic heterocycles. The minimum absolute atomic E-state index is 0.0687. The molecule has 3 N–H and O–H groups in total. The molecular formula is C11H17F3N2O5. The van der Waals surface area contributed by atoms with Crippen LogP contribution in [0.5, 0.6) is 0 Å². The number of halogens is 3. The molecular weight excluding hydrogens is 297 g/mol. The number of aliphatic hydroxyl groups excluding tert-OH is 2. The summed E-state index contributed by atoms with van der Waals surface area (Å²) in [7, 11) is 1.31. The summed E-state index contributed by atoms with van der Waals surface area (Å²) < 4.78 is 37.4. The predicted octanol–water partition coefficient (Wildman–Crippen LogP) is -0.0113. The van der Waals surface area contributed by atoms with Gasteiger partial charge in [-0.2, -0.15) is 0 Å². The van der Waals surface area contributed by atoms with Crippen LogP contribution >= 0.6 is 0 Å². The first-order valence-electron chi connectivity index (χ1n) is 5.83. The highest BCUT2D eigenvalue weighted by molar-refractivity contribution is 5.77. The molecule has 1 fully saturated rings. The molecule has 1 heterocycles. The second-order valence-corrected chi connectivity index (χ2v) is 3.83. The van der Waals surface area contributed by atoms with Gasteiger partial charge in [0.25, 0.3) is 0 Å². The summed E-state index contributed by atoms with van der Waals surface area (Å²) in [6.07, 6.45) is -2.17. The number of rotatable bonds is 4. The number of carbonyl (C=O) groups excluding carboxylic acids is 2. The lowest BCUT2D eigenvalue weighted by atomic mass is 10.2. The van der Waals surface area contributed by atoms with E-state index in [9.17, 15) is 27.9 Å². The highest BCUT2D eigenvalue weighted by Crippen LogP contribution is 2.24. The number of nitrogens with one attached hydrogen (secondary N) is 1. The number of alkyl halides is 2. The number of allylic oxidation sites excluding steroid dienone is 1. The molecule has 0 aromatic rings. The first-order chi connectivity index (χ1) is 9.94. The molecule has 0 radical (unpaired) electrons. The van der Waals surface area contributed by atoms with Crippen LogP contribution in [0.25, 0.3) is 0 Å². The van der Waals surface area contributed by atoms with Crippen molar-refractivity contribution in [3.8, 4) is 0 Å². The number of aldehydes is 1. The topological polar surface area (TPSA) is 99.1 Å². The second-order valence-electron chi connectivity index (χ2n) is 3.83. The zero-order chi connectivity index (χ0) is 16.4. The van der Waals surface area contributed by atoms with E-state index < -0.39 is 37.2 Å². The monoisotopic (exact) mass is 314 g/mol. The molecule has 1 saturated heterocycles. The maximum Gasteiger partial charge on any atom is 0.323 e. The highest BCUT2D eigenvalue weighted by atomic mass is 19.3. The lowest BCUT2D eigenvalue weighted by molar-refractivity contribution is -0.106. The van der Waals surface area contributed by atoms with E-state index in [4.69, 9.17) is 9.84 Å². The molecule has 10 heteroatoms. The van der Waals surface area contributed by atoms with Crippen LogP contribution < -0.4 is 5.32 Å². The summed E-state index contributed by atoms with van der Waals surface area (Å²) in [5.74, 6) is -1.18. The quantitative estimate of drug-likeness (QED) is 0.501. The Balaban J connectivity index is 0.00000122. The van der Waals surface area contributed by atoms with E-state index in [1.807, 2.05) is 0 Å². The first-order valence-corrected chi connectivity index (χ1v) is 5.83. The number of hydrogen-bond acceptors (Lipinski definition) is 5. The maximum absolute atomic E-state index is 12.9. The molecule has 0 aromatic carbocycles. The van der Waals surface area contributed by atoms with Gasteiger partial charge in [0.2, 0.25) is 6.93 Å². The molecule has 3 unspecified atom stereocenters. The van der Waals surface area contributed by atoms with E-state index in [0.29, 0.717) is 6.20 Å². The van der Waals surface area contributed by atoms with Crippen LogP contribution in [-0.2, 0) is 9.53 Å². The minimum Gasteiger partial charge on any atom is -0.394 e. The molecule has 0 spiro atoms. The van der Waals surface area contributed by atoms with Crippen molar-refractivity contribution >= 4 is 12.3 Å². The lowest BCUT2D eigenvalue weighted by Gasteiger charge is -2.26. The van der Waals surface area contributed by atoms with E-state index in [1.54, 1.807) is 0 Å². The fourth-order valence-electron chi connectivity index (χ4n) is 1.64. The van der Waals surface area contributed by atoms with Gasteiger partial charge in [0, 0.05) is 13.5 Å². The van der Waals surface area contributed by atoms with Crippen LogP contribution in [0, 0.1) is 0 Å². The van der Waals surface area contributed by atoms with Crippen molar-refractivity contribution in [3.05, 3.63) is 12.0 Å². The predicted molar refractivity (Wildman–Crippen MR) is 65.0 cm³/mol. The highest BCUT2D eigenvalue weighted by Gasteiger charge is 2.39. The summed E-state index contributed by atoms with van der Waals surface area (Å²) in [6.45, 7) is -2.07. The third kappa shape index (κ3) is 6.10. The lowest BCUT2D eigenvalue weighted by Crippen LogP contribution is -2.46. The molecule has 0 aliphatic carbocycles. The Bertz CT molecular complexity index is 370. The molecule has 1 aliphatic rings. The number of nitrogens with zero attached hydrogens (tertiary/aromatic N) is 1. The third-order valence-electron chi connectivity index (χ3n) is 2.47. The van der Waals surface area contributed by atoms with Crippen LogP contribution in [0.15, 0.2) is 12.0 Å². The first kappa shape index (κ1) is 19.4. The van der Waals surface area contributed by atoms with Crippen LogP contribution in [-0.4, -0.2) is 66.4 Å². The molecule has 7 nitrogen and oxygen atoms in total. The smallest absolute Gasteiger partial charge is 0.323 e. The van der Waals surface area contributed by atoms with Crippen LogP contribution in [0.1, 0.15) is 6.42 Å². The van der Waals surface area contributed by atoms with E-state index >= 15 is 0 Å². The molecule has 0 saturated carbocycles. The number of aliphatic hydroxyl groups is 2.